The van der Waals surface area contributed by atoms with E-state index >= 15 is 0 Å². The van der Waals surface area contributed by atoms with Gasteiger partial charge in [0.25, 0.3) is 0 Å². The van der Waals surface area contributed by atoms with Crippen LogP contribution in [0.3, 0.4) is 0 Å². The van der Waals surface area contributed by atoms with Crippen LogP contribution in [0.2, 0.25) is 0 Å². The van der Waals surface area contributed by atoms with Crippen LogP contribution in [0.5, 0.6) is 5.75 Å². The second-order valence-corrected chi connectivity index (χ2v) is 9.94. The first-order valence-corrected chi connectivity index (χ1v) is 12.6. The normalized spacial score (nSPS) is 15.0. The smallest absolute Gasteiger partial charge is 0.322 e. The molecule has 0 unspecified atom stereocenters. The van der Waals surface area contributed by atoms with Gasteiger partial charge in [0.05, 0.1) is 6.04 Å². The molecule has 2 aromatic carbocycles. The maximum absolute atomic E-state index is 13.5. The van der Waals surface area contributed by atoms with Crippen LogP contribution in [0.1, 0.15) is 35.9 Å². The number of carbonyl (C=O) groups is 2. The Hall–Kier alpha value is -3.39. The van der Waals surface area contributed by atoms with Gasteiger partial charge >= 0.3 is 6.03 Å². The number of aryl methyl sites for hydroxylation is 1. The summed E-state index contributed by atoms with van der Waals surface area (Å²) in [6.07, 6.45) is 0.767. The first-order chi connectivity index (χ1) is 16.8. The second kappa shape index (κ2) is 10.9. The summed E-state index contributed by atoms with van der Waals surface area (Å²) in [4.78, 5) is 31.1. The Balaban J connectivity index is 1.48. The average molecular weight is 496 g/mol. The number of anilines is 1. The summed E-state index contributed by atoms with van der Waals surface area (Å²) >= 11 is 1.67. The van der Waals surface area contributed by atoms with Crippen molar-refractivity contribution in [3.05, 3.63) is 81.8 Å². The predicted molar refractivity (Wildman–Crippen MR) is 136 cm³/mol. The zero-order valence-corrected chi connectivity index (χ0v) is 21.0. The molecule has 1 aromatic heterocycles. The van der Waals surface area contributed by atoms with Gasteiger partial charge in [0.2, 0.25) is 5.91 Å². The summed E-state index contributed by atoms with van der Waals surface area (Å²) in [7, 11) is 0. The van der Waals surface area contributed by atoms with Gasteiger partial charge in [0.15, 0.2) is 0 Å². The Kier molecular flexibility index (Phi) is 7.70. The summed E-state index contributed by atoms with van der Waals surface area (Å²) in [5, 5.41) is 4.92. The van der Waals surface area contributed by atoms with Gasteiger partial charge in [-0.25, -0.2) is 9.18 Å². The van der Waals surface area contributed by atoms with Crippen LogP contribution in [0, 0.1) is 12.7 Å². The lowest BCUT2D eigenvalue weighted by molar-refractivity contribution is -0.135. The molecule has 0 fully saturated rings. The fraction of sp³-hybridized carbons (Fsp3) is 0.333. The lowest BCUT2D eigenvalue weighted by atomic mass is 10.0. The molecule has 1 aliphatic rings. The number of amides is 3. The van der Waals surface area contributed by atoms with Gasteiger partial charge in [-0.15, -0.1) is 11.3 Å². The summed E-state index contributed by atoms with van der Waals surface area (Å²) in [6, 6.07) is 14.7. The summed E-state index contributed by atoms with van der Waals surface area (Å²) in [6.45, 7) is 6.53. The fourth-order valence-electron chi connectivity index (χ4n) is 4.14. The number of nitrogens with one attached hydrogen (secondary N) is 1. The fourth-order valence-corrected chi connectivity index (χ4v) is 5.07. The molecule has 1 atom stereocenters. The molecule has 3 aromatic rings. The van der Waals surface area contributed by atoms with Gasteiger partial charge in [0, 0.05) is 23.2 Å². The van der Waals surface area contributed by atoms with E-state index in [0.29, 0.717) is 18.0 Å². The molecule has 0 saturated heterocycles. The maximum Gasteiger partial charge on any atom is 0.322 e. The molecule has 3 amide bonds. The Labute approximate surface area is 209 Å². The van der Waals surface area contributed by atoms with Crippen LogP contribution >= 0.6 is 11.3 Å². The maximum atomic E-state index is 13.5. The first kappa shape index (κ1) is 24.7. The third-order valence-corrected chi connectivity index (χ3v) is 7.13. The van der Waals surface area contributed by atoms with Crippen molar-refractivity contribution in [1.29, 1.82) is 0 Å². The number of ether oxygens (including phenoxy) is 1. The number of nitrogens with zero attached hydrogens (tertiary/aromatic N) is 2. The highest BCUT2D eigenvalue weighted by Crippen LogP contribution is 2.34. The van der Waals surface area contributed by atoms with Gasteiger partial charge in [-0.05, 0) is 80.6 Å². The number of benzene rings is 2. The molecule has 4 rings (SSSR count). The van der Waals surface area contributed by atoms with Crippen molar-refractivity contribution in [2.45, 2.75) is 39.3 Å². The van der Waals surface area contributed by atoms with Gasteiger partial charge in [-0.2, -0.15) is 0 Å². The quantitative estimate of drug-likeness (QED) is 0.461. The highest BCUT2D eigenvalue weighted by Gasteiger charge is 2.34. The second-order valence-electron chi connectivity index (χ2n) is 8.93. The van der Waals surface area contributed by atoms with Crippen molar-refractivity contribution >= 4 is 29.0 Å². The van der Waals surface area contributed by atoms with E-state index in [1.54, 1.807) is 33.3 Å². The number of rotatable bonds is 7. The van der Waals surface area contributed by atoms with E-state index in [0.717, 1.165) is 17.5 Å². The molecule has 0 aliphatic carbocycles. The van der Waals surface area contributed by atoms with Gasteiger partial charge in [0.1, 0.15) is 24.7 Å². The molecule has 6 nitrogen and oxygen atoms in total. The Morgan fingerprint density at radius 3 is 2.54 bits per heavy atom. The number of fused-ring (bicyclic) bond motifs is 1. The van der Waals surface area contributed by atoms with E-state index in [9.17, 15) is 14.0 Å². The summed E-state index contributed by atoms with van der Waals surface area (Å²) in [5.74, 6) is 0.0781. The lowest BCUT2D eigenvalue weighted by Crippen LogP contribution is -2.50. The van der Waals surface area contributed by atoms with Crippen molar-refractivity contribution in [1.82, 2.24) is 9.80 Å². The molecular weight excluding hydrogens is 465 g/mol. The third-order valence-electron chi connectivity index (χ3n) is 6.13. The van der Waals surface area contributed by atoms with Gasteiger partial charge in [-0.1, -0.05) is 17.7 Å². The topological polar surface area (TPSA) is 61.9 Å². The van der Waals surface area contributed by atoms with E-state index in [2.05, 4.69) is 5.32 Å². The number of thiophene rings is 1. The van der Waals surface area contributed by atoms with Crippen LogP contribution in [0.25, 0.3) is 0 Å². The van der Waals surface area contributed by atoms with Crippen molar-refractivity contribution in [2.75, 3.05) is 25.0 Å². The number of urea groups is 1. The Morgan fingerprint density at radius 1 is 1.14 bits per heavy atom. The molecule has 184 valence electrons. The monoisotopic (exact) mass is 495 g/mol. The van der Waals surface area contributed by atoms with Crippen LogP contribution in [-0.4, -0.2) is 47.5 Å². The van der Waals surface area contributed by atoms with E-state index < -0.39 is 0 Å². The molecule has 8 heteroatoms. The minimum absolute atomic E-state index is 0.0398. The largest absolute Gasteiger partial charge is 0.491 e. The molecule has 2 heterocycles. The van der Waals surface area contributed by atoms with Crippen LogP contribution in [0.15, 0.2) is 60.0 Å². The standard InChI is InChI=1S/C27H30FN3O3S/c1-18(2)31(27(33)29-21-8-4-19(3)5-9-21)16-26(32)30-14-12-25-23(13-15-35-25)24(30)17-34-22-10-6-20(28)7-11-22/h4-11,13,15,18,24H,12,14,16-17H2,1-3H3,(H,29,33)/t24-/m0/s1. The third kappa shape index (κ3) is 6.00. The molecule has 35 heavy (non-hydrogen) atoms. The Bertz CT molecular complexity index is 1160. The Morgan fingerprint density at radius 2 is 1.86 bits per heavy atom. The van der Waals surface area contributed by atoms with Crippen molar-refractivity contribution in [3.8, 4) is 5.75 Å². The zero-order chi connectivity index (χ0) is 24.9. The zero-order valence-electron chi connectivity index (χ0n) is 20.2. The molecule has 0 radical (unpaired) electrons. The van der Waals surface area contributed by atoms with E-state index in [4.69, 9.17) is 4.74 Å². The van der Waals surface area contributed by atoms with E-state index in [1.165, 1.54) is 17.0 Å². The van der Waals surface area contributed by atoms with Crippen LogP contribution < -0.4 is 10.1 Å². The highest BCUT2D eigenvalue weighted by atomic mass is 32.1. The average Bonchev–Trinajstić information content (AvgIpc) is 3.32. The van der Waals surface area contributed by atoms with Gasteiger partial charge in [-0.3, -0.25) is 4.79 Å². The van der Waals surface area contributed by atoms with Crippen molar-refractivity contribution in [2.24, 2.45) is 0 Å². The number of carbonyl (C=O) groups excluding carboxylic acids is 2. The molecule has 1 N–H and O–H groups in total. The number of hydrogen-bond donors (Lipinski definition) is 1. The van der Waals surface area contributed by atoms with Gasteiger partial charge < -0.3 is 19.9 Å². The predicted octanol–water partition coefficient (Wildman–Crippen LogP) is 5.64. The van der Waals surface area contributed by atoms with Crippen molar-refractivity contribution in [3.63, 3.8) is 0 Å². The highest BCUT2D eigenvalue weighted by molar-refractivity contribution is 7.10. The molecule has 0 spiro atoms. The molecular formula is C27H30FN3O3S. The van der Waals surface area contributed by atoms with Crippen LogP contribution in [0.4, 0.5) is 14.9 Å². The number of halogens is 1. The first-order valence-electron chi connectivity index (χ1n) is 11.7. The van der Waals surface area contributed by atoms with E-state index in [1.807, 2.05) is 56.5 Å². The summed E-state index contributed by atoms with van der Waals surface area (Å²) < 4.78 is 19.2. The number of hydrogen-bond acceptors (Lipinski definition) is 4. The minimum atomic E-state index is -0.329. The minimum Gasteiger partial charge on any atom is -0.491 e. The van der Waals surface area contributed by atoms with Crippen LogP contribution in [-0.2, 0) is 11.2 Å². The molecule has 0 saturated carbocycles. The summed E-state index contributed by atoms with van der Waals surface area (Å²) in [5.41, 5.74) is 2.85. The van der Waals surface area contributed by atoms with E-state index in [-0.39, 0.29) is 43.0 Å². The van der Waals surface area contributed by atoms with Crippen molar-refractivity contribution < 1.29 is 18.7 Å². The lowest BCUT2D eigenvalue weighted by Gasteiger charge is -2.37. The molecule has 0 bridgehead atoms. The SMILES string of the molecule is Cc1ccc(NC(=O)N(CC(=O)N2CCc3sccc3[C@@H]2COc2ccc(F)cc2)C(C)C)cc1. The molecule has 1 aliphatic heterocycles.